The fraction of sp³-hybridized carbons (Fsp3) is 0.308. The van der Waals surface area contributed by atoms with E-state index in [9.17, 15) is 23.2 Å². The molecule has 7 nitrogen and oxygen atoms in total. The minimum absolute atomic E-state index is 0.0866. The van der Waals surface area contributed by atoms with Crippen molar-refractivity contribution < 1.29 is 27.4 Å². The van der Waals surface area contributed by atoms with Crippen molar-refractivity contribution in [2.24, 2.45) is 0 Å². The number of amides is 1. The lowest BCUT2D eigenvalue weighted by Gasteiger charge is -2.20. The predicted octanol–water partition coefficient (Wildman–Crippen LogP) is 1.38. The lowest BCUT2D eigenvalue weighted by atomic mass is 10.2. The molecule has 0 radical (unpaired) electrons. The van der Waals surface area contributed by atoms with Gasteiger partial charge in [-0.2, -0.15) is 23.0 Å². The van der Waals surface area contributed by atoms with Gasteiger partial charge in [0.05, 0.1) is 11.9 Å². The lowest BCUT2D eigenvalue weighted by Crippen LogP contribution is -2.36. The molecule has 0 saturated carbocycles. The number of nitrogens with zero attached hydrogens (tertiary/aromatic N) is 4. The van der Waals surface area contributed by atoms with Crippen molar-refractivity contribution in [3.05, 3.63) is 47.2 Å². The Labute approximate surface area is 128 Å². The summed E-state index contributed by atoms with van der Waals surface area (Å²) in [6, 6.07) is 2.87. The standard InChI is InChI=1S/C13H11F3N4O3/c1-23-12-10-9(3-2-4-19(10)22)11(21)20(12)8-5-17-18(6-8)7-13(14,15)16/h2-6,12H,7H2,1H3. The Balaban J connectivity index is 1.98. The number of anilines is 1. The van der Waals surface area contributed by atoms with E-state index in [1.807, 2.05) is 0 Å². The van der Waals surface area contributed by atoms with Gasteiger partial charge in [-0.15, -0.1) is 0 Å². The van der Waals surface area contributed by atoms with Crippen LogP contribution in [0.3, 0.4) is 0 Å². The third-order valence-corrected chi connectivity index (χ3v) is 3.38. The summed E-state index contributed by atoms with van der Waals surface area (Å²) in [7, 11) is 1.30. The van der Waals surface area contributed by atoms with Gasteiger partial charge in [-0.3, -0.25) is 14.4 Å². The number of ether oxygens (including phenoxy) is 1. The normalized spacial score (nSPS) is 17.7. The minimum atomic E-state index is -4.43. The van der Waals surface area contributed by atoms with Crippen LogP contribution in [0.4, 0.5) is 18.9 Å². The average molecular weight is 328 g/mol. The van der Waals surface area contributed by atoms with E-state index >= 15 is 0 Å². The van der Waals surface area contributed by atoms with E-state index < -0.39 is 24.9 Å². The van der Waals surface area contributed by atoms with Gasteiger partial charge in [-0.25, -0.2) is 0 Å². The van der Waals surface area contributed by atoms with Crippen molar-refractivity contribution in [1.29, 1.82) is 0 Å². The van der Waals surface area contributed by atoms with Crippen LogP contribution >= 0.6 is 0 Å². The molecule has 0 saturated heterocycles. The lowest BCUT2D eigenvalue weighted by molar-refractivity contribution is -0.618. The van der Waals surface area contributed by atoms with Gasteiger partial charge in [-0.1, -0.05) is 0 Å². The van der Waals surface area contributed by atoms with Crippen LogP contribution in [0.5, 0.6) is 0 Å². The van der Waals surface area contributed by atoms with Crippen LogP contribution in [0, 0.1) is 5.21 Å². The van der Waals surface area contributed by atoms with Crippen LogP contribution in [0.15, 0.2) is 30.7 Å². The first-order valence-corrected chi connectivity index (χ1v) is 6.49. The number of pyridine rings is 1. The monoisotopic (exact) mass is 328 g/mol. The Morgan fingerprint density at radius 3 is 2.87 bits per heavy atom. The first-order valence-electron chi connectivity index (χ1n) is 6.49. The molecule has 122 valence electrons. The number of aromatic nitrogens is 3. The molecule has 0 aliphatic carbocycles. The van der Waals surface area contributed by atoms with Crippen LogP contribution in [0.1, 0.15) is 22.3 Å². The Kier molecular flexibility index (Phi) is 3.48. The summed E-state index contributed by atoms with van der Waals surface area (Å²) >= 11 is 0. The summed E-state index contributed by atoms with van der Waals surface area (Å²) in [6.45, 7) is -1.28. The van der Waals surface area contributed by atoms with Gasteiger partial charge >= 0.3 is 6.18 Å². The molecule has 1 aliphatic rings. The van der Waals surface area contributed by atoms with Crippen LogP contribution in [-0.4, -0.2) is 29.0 Å². The molecule has 10 heteroatoms. The zero-order chi connectivity index (χ0) is 16.8. The second-order valence-corrected chi connectivity index (χ2v) is 4.91. The number of carbonyl (C=O) groups excluding carboxylic acids is 1. The highest BCUT2D eigenvalue weighted by atomic mass is 19.4. The van der Waals surface area contributed by atoms with Gasteiger partial charge < -0.3 is 9.94 Å². The third kappa shape index (κ3) is 2.61. The van der Waals surface area contributed by atoms with E-state index in [-0.39, 0.29) is 16.9 Å². The number of halogens is 3. The van der Waals surface area contributed by atoms with E-state index in [0.29, 0.717) is 9.41 Å². The van der Waals surface area contributed by atoms with Crippen LogP contribution in [0.25, 0.3) is 0 Å². The molecule has 0 spiro atoms. The highest BCUT2D eigenvalue weighted by Gasteiger charge is 2.45. The molecule has 2 aromatic rings. The van der Waals surface area contributed by atoms with Crippen molar-refractivity contribution in [3.8, 4) is 0 Å². The fourth-order valence-electron chi connectivity index (χ4n) is 2.50. The van der Waals surface area contributed by atoms with Gasteiger partial charge in [-0.05, 0) is 6.07 Å². The zero-order valence-corrected chi connectivity index (χ0v) is 11.8. The minimum Gasteiger partial charge on any atom is -0.618 e. The Morgan fingerprint density at radius 1 is 1.48 bits per heavy atom. The van der Waals surface area contributed by atoms with E-state index in [4.69, 9.17) is 4.74 Å². The van der Waals surface area contributed by atoms with Crippen LogP contribution in [-0.2, 0) is 11.3 Å². The van der Waals surface area contributed by atoms with Crippen molar-refractivity contribution in [1.82, 2.24) is 9.78 Å². The maximum atomic E-state index is 12.4. The maximum Gasteiger partial charge on any atom is 0.408 e. The summed E-state index contributed by atoms with van der Waals surface area (Å²) < 4.78 is 43.6. The fourth-order valence-corrected chi connectivity index (χ4v) is 2.50. The molecule has 2 aromatic heterocycles. The first-order chi connectivity index (χ1) is 10.8. The Hall–Kier alpha value is -2.62. The third-order valence-electron chi connectivity index (χ3n) is 3.38. The molecule has 0 fully saturated rings. The number of hydrogen-bond donors (Lipinski definition) is 0. The SMILES string of the molecule is COC1c2c(ccc[n+]2[O-])C(=O)N1c1cnn(CC(F)(F)F)c1. The highest BCUT2D eigenvalue weighted by Crippen LogP contribution is 2.35. The predicted molar refractivity (Wildman–Crippen MR) is 70.2 cm³/mol. The molecule has 1 unspecified atom stereocenters. The van der Waals surface area contributed by atoms with Gasteiger partial charge in [0.15, 0.2) is 6.20 Å². The van der Waals surface area contributed by atoms with Gasteiger partial charge in [0.1, 0.15) is 12.1 Å². The molecule has 1 aliphatic heterocycles. The molecule has 3 heterocycles. The second kappa shape index (κ2) is 5.23. The number of alkyl halides is 3. The quantitative estimate of drug-likeness (QED) is 0.630. The van der Waals surface area contributed by atoms with Gasteiger partial charge in [0.2, 0.25) is 6.23 Å². The van der Waals surface area contributed by atoms with E-state index in [0.717, 1.165) is 17.3 Å². The van der Waals surface area contributed by atoms with Crippen molar-refractivity contribution in [2.45, 2.75) is 18.9 Å². The average Bonchev–Trinajstić information content (AvgIpc) is 3.00. The molecule has 3 rings (SSSR count). The number of rotatable bonds is 3. The molecule has 1 amide bonds. The van der Waals surface area contributed by atoms with Crippen LogP contribution in [0.2, 0.25) is 0 Å². The number of methoxy groups -OCH3 is 1. The molecule has 23 heavy (non-hydrogen) atoms. The van der Waals surface area contributed by atoms with E-state index in [1.54, 1.807) is 0 Å². The molecule has 1 atom stereocenters. The smallest absolute Gasteiger partial charge is 0.408 e. The summed E-state index contributed by atoms with van der Waals surface area (Å²) in [5.74, 6) is -0.538. The molecule has 0 bridgehead atoms. The number of fused-ring (bicyclic) bond motifs is 1. The molecular formula is C13H11F3N4O3. The second-order valence-electron chi connectivity index (χ2n) is 4.91. The van der Waals surface area contributed by atoms with Crippen molar-refractivity contribution in [2.75, 3.05) is 12.0 Å². The zero-order valence-electron chi connectivity index (χ0n) is 11.8. The first kappa shape index (κ1) is 15.3. The number of carbonyl (C=O) groups is 1. The van der Waals surface area contributed by atoms with Crippen LogP contribution < -0.4 is 9.63 Å². The van der Waals surface area contributed by atoms with Crippen molar-refractivity contribution in [3.63, 3.8) is 0 Å². The topological polar surface area (TPSA) is 74.3 Å². The van der Waals surface area contributed by atoms with E-state index in [2.05, 4.69) is 5.10 Å². The summed E-state index contributed by atoms with van der Waals surface area (Å²) in [5.41, 5.74) is 0.337. The van der Waals surface area contributed by atoms with Crippen molar-refractivity contribution >= 4 is 11.6 Å². The maximum absolute atomic E-state index is 12.4. The van der Waals surface area contributed by atoms with E-state index in [1.165, 1.54) is 25.4 Å². The Bertz CT molecular complexity index is 759. The number of hydrogen-bond acceptors (Lipinski definition) is 4. The highest BCUT2D eigenvalue weighted by molar-refractivity contribution is 6.09. The molecular weight excluding hydrogens is 317 g/mol. The Morgan fingerprint density at radius 2 is 2.22 bits per heavy atom. The van der Waals surface area contributed by atoms with Gasteiger partial charge in [0, 0.05) is 19.4 Å². The molecule has 0 aromatic carbocycles. The summed E-state index contributed by atoms with van der Waals surface area (Å²) in [6.07, 6.45) is -2.04. The summed E-state index contributed by atoms with van der Waals surface area (Å²) in [4.78, 5) is 13.5. The van der Waals surface area contributed by atoms with Gasteiger partial charge in [0.25, 0.3) is 11.6 Å². The summed E-state index contributed by atoms with van der Waals surface area (Å²) in [5, 5.41) is 15.5. The molecule has 0 N–H and O–H groups in total. The largest absolute Gasteiger partial charge is 0.618 e.